The molecule has 0 radical (unpaired) electrons. The summed E-state index contributed by atoms with van der Waals surface area (Å²) in [6.45, 7) is 2.95. The first-order valence-corrected chi connectivity index (χ1v) is 13.0. The number of nitrogens with one attached hydrogen (secondary N) is 1. The number of amides is 2. The fraction of sp³-hybridized carbons (Fsp3) is 0.500. The van der Waals surface area contributed by atoms with Crippen molar-refractivity contribution >= 4 is 27.5 Å². The monoisotopic (exact) mass is 471 g/mol. The standard InChI is InChI=1S/C24H29N3O5S/c1-16-13-19-14-21(6-7-22(19)27(16)24(29)18-4-5-18)33(30,31)26-10-8-17(9-11-26)23(28)25-15-20-3-2-12-32-20/h2-3,6-7,12,14,16-18H,4-5,8-11,13,15H2,1H3,(H,25,28)/t16-/m1/s1. The highest BCUT2D eigenvalue weighted by Gasteiger charge is 2.40. The van der Waals surface area contributed by atoms with Gasteiger partial charge in [-0.15, -0.1) is 0 Å². The van der Waals surface area contributed by atoms with Crippen molar-refractivity contribution in [3.63, 3.8) is 0 Å². The molecule has 0 unspecified atom stereocenters. The first-order chi connectivity index (χ1) is 15.8. The van der Waals surface area contributed by atoms with Crippen LogP contribution in [0.4, 0.5) is 5.69 Å². The molecule has 33 heavy (non-hydrogen) atoms. The second-order valence-corrected chi connectivity index (χ2v) is 11.2. The molecule has 2 amide bonds. The molecule has 1 N–H and O–H groups in total. The normalized spacial score (nSPS) is 21.7. The van der Waals surface area contributed by atoms with Crippen LogP contribution in [-0.4, -0.2) is 43.7 Å². The number of hydrogen-bond acceptors (Lipinski definition) is 5. The number of carbonyl (C=O) groups excluding carboxylic acids is 2. The summed E-state index contributed by atoms with van der Waals surface area (Å²) in [5, 5.41) is 2.87. The average Bonchev–Trinajstić information content (AvgIpc) is 3.43. The van der Waals surface area contributed by atoms with Crippen LogP contribution >= 0.6 is 0 Å². The van der Waals surface area contributed by atoms with E-state index in [1.165, 1.54) is 4.31 Å². The number of carbonyl (C=O) groups is 2. The van der Waals surface area contributed by atoms with Gasteiger partial charge in [-0.25, -0.2) is 8.42 Å². The van der Waals surface area contributed by atoms with Crippen molar-refractivity contribution < 1.29 is 22.4 Å². The van der Waals surface area contributed by atoms with Crippen LogP contribution in [0, 0.1) is 11.8 Å². The minimum absolute atomic E-state index is 0.0430. The van der Waals surface area contributed by atoms with E-state index in [-0.39, 0.29) is 34.6 Å². The molecule has 1 atom stereocenters. The van der Waals surface area contributed by atoms with E-state index in [0.29, 0.717) is 44.7 Å². The van der Waals surface area contributed by atoms with Gasteiger partial charge in [0.25, 0.3) is 0 Å². The van der Waals surface area contributed by atoms with Crippen molar-refractivity contribution in [3.8, 4) is 0 Å². The number of hydrogen-bond donors (Lipinski definition) is 1. The van der Waals surface area contributed by atoms with E-state index in [0.717, 1.165) is 24.1 Å². The van der Waals surface area contributed by atoms with Gasteiger partial charge in [-0.05, 0) is 74.9 Å². The van der Waals surface area contributed by atoms with Gasteiger partial charge in [-0.3, -0.25) is 9.59 Å². The summed E-state index contributed by atoms with van der Waals surface area (Å²) in [6.07, 6.45) is 5.08. The van der Waals surface area contributed by atoms with Gasteiger partial charge in [0.15, 0.2) is 0 Å². The van der Waals surface area contributed by atoms with Crippen molar-refractivity contribution in [1.82, 2.24) is 9.62 Å². The number of nitrogens with zero attached hydrogens (tertiary/aromatic N) is 2. The Kier molecular flexibility index (Phi) is 5.78. The molecule has 1 saturated carbocycles. The SMILES string of the molecule is C[C@@H]1Cc2cc(S(=O)(=O)N3CCC(C(=O)NCc4ccco4)CC3)ccc2N1C(=O)C1CC1. The van der Waals surface area contributed by atoms with E-state index in [4.69, 9.17) is 4.42 Å². The van der Waals surface area contributed by atoms with Gasteiger partial charge in [-0.1, -0.05) is 0 Å². The van der Waals surface area contributed by atoms with Crippen LogP contribution in [0.15, 0.2) is 45.9 Å². The zero-order valence-electron chi connectivity index (χ0n) is 18.7. The maximum Gasteiger partial charge on any atom is 0.243 e. The summed E-state index contributed by atoms with van der Waals surface area (Å²) in [5.74, 6) is 0.681. The van der Waals surface area contributed by atoms with Crippen LogP contribution in [0.2, 0.25) is 0 Å². The quantitative estimate of drug-likeness (QED) is 0.698. The Balaban J connectivity index is 1.23. The number of sulfonamides is 1. The zero-order valence-corrected chi connectivity index (χ0v) is 19.5. The number of piperidine rings is 1. The highest BCUT2D eigenvalue weighted by molar-refractivity contribution is 7.89. The molecule has 2 aliphatic heterocycles. The first-order valence-electron chi connectivity index (χ1n) is 11.6. The van der Waals surface area contributed by atoms with Crippen LogP contribution in [0.1, 0.15) is 43.9 Å². The van der Waals surface area contributed by atoms with Gasteiger partial charge in [-0.2, -0.15) is 4.31 Å². The van der Waals surface area contributed by atoms with Crippen LogP contribution < -0.4 is 10.2 Å². The van der Waals surface area contributed by atoms with E-state index >= 15 is 0 Å². The number of rotatable bonds is 6. The lowest BCUT2D eigenvalue weighted by Crippen LogP contribution is -2.42. The Morgan fingerprint density at radius 1 is 1.09 bits per heavy atom. The van der Waals surface area contributed by atoms with E-state index in [1.54, 1.807) is 36.6 Å². The highest BCUT2D eigenvalue weighted by atomic mass is 32.2. The molecule has 3 heterocycles. The minimum Gasteiger partial charge on any atom is -0.467 e. The van der Waals surface area contributed by atoms with Crippen molar-refractivity contribution in [2.24, 2.45) is 11.8 Å². The number of fused-ring (bicyclic) bond motifs is 1. The van der Waals surface area contributed by atoms with E-state index in [2.05, 4.69) is 5.32 Å². The maximum absolute atomic E-state index is 13.3. The number of benzene rings is 1. The zero-order chi connectivity index (χ0) is 23.2. The lowest BCUT2D eigenvalue weighted by molar-refractivity contribution is -0.126. The molecule has 8 nitrogen and oxygen atoms in total. The predicted octanol–water partition coefficient (Wildman–Crippen LogP) is 2.68. The molecule has 1 aliphatic carbocycles. The third-order valence-corrected chi connectivity index (χ3v) is 8.80. The van der Waals surface area contributed by atoms with Gasteiger partial charge in [0.2, 0.25) is 21.8 Å². The van der Waals surface area contributed by atoms with Gasteiger partial charge in [0.1, 0.15) is 5.76 Å². The Morgan fingerprint density at radius 2 is 1.85 bits per heavy atom. The second kappa shape index (κ2) is 8.61. The molecule has 1 saturated heterocycles. The molecule has 1 aromatic heterocycles. The Morgan fingerprint density at radius 3 is 2.52 bits per heavy atom. The topological polar surface area (TPSA) is 99.9 Å². The molecule has 2 fully saturated rings. The van der Waals surface area contributed by atoms with Crippen LogP contribution in [0.3, 0.4) is 0 Å². The minimum atomic E-state index is -3.66. The number of furan rings is 1. The van der Waals surface area contributed by atoms with Gasteiger partial charge in [0.05, 0.1) is 17.7 Å². The molecule has 0 bridgehead atoms. The smallest absolute Gasteiger partial charge is 0.243 e. The largest absolute Gasteiger partial charge is 0.467 e. The fourth-order valence-corrected chi connectivity index (χ4v) is 6.39. The maximum atomic E-state index is 13.3. The molecular weight excluding hydrogens is 442 g/mol. The first kappa shape index (κ1) is 22.2. The average molecular weight is 472 g/mol. The molecule has 3 aliphatic rings. The van der Waals surface area contributed by atoms with E-state index < -0.39 is 10.0 Å². The van der Waals surface area contributed by atoms with Crippen molar-refractivity contribution in [2.75, 3.05) is 18.0 Å². The lowest BCUT2D eigenvalue weighted by atomic mass is 9.97. The van der Waals surface area contributed by atoms with Gasteiger partial charge < -0.3 is 14.6 Å². The van der Waals surface area contributed by atoms with E-state index in [9.17, 15) is 18.0 Å². The number of anilines is 1. The third kappa shape index (κ3) is 4.31. The summed E-state index contributed by atoms with van der Waals surface area (Å²) >= 11 is 0. The third-order valence-electron chi connectivity index (χ3n) is 6.91. The van der Waals surface area contributed by atoms with Gasteiger partial charge in [0, 0.05) is 36.7 Å². The van der Waals surface area contributed by atoms with Crippen LogP contribution in [0.25, 0.3) is 0 Å². The predicted molar refractivity (Wildman–Crippen MR) is 122 cm³/mol. The Hall–Kier alpha value is -2.65. The molecule has 176 valence electrons. The lowest BCUT2D eigenvalue weighted by Gasteiger charge is -2.30. The van der Waals surface area contributed by atoms with Crippen LogP contribution in [-0.2, 0) is 32.6 Å². The van der Waals surface area contributed by atoms with Crippen molar-refractivity contribution in [3.05, 3.63) is 47.9 Å². The highest BCUT2D eigenvalue weighted by Crippen LogP contribution is 2.40. The second-order valence-electron chi connectivity index (χ2n) is 9.30. The molecule has 0 spiro atoms. The Bertz CT molecular complexity index is 1150. The molecule has 5 rings (SSSR count). The summed E-state index contributed by atoms with van der Waals surface area (Å²) in [7, 11) is -3.66. The Labute approximate surface area is 194 Å². The molecule has 2 aromatic rings. The van der Waals surface area contributed by atoms with Crippen molar-refractivity contribution in [2.45, 2.75) is 56.5 Å². The molecule has 9 heteroatoms. The van der Waals surface area contributed by atoms with E-state index in [1.807, 2.05) is 11.8 Å². The van der Waals surface area contributed by atoms with Crippen molar-refractivity contribution in [1.29, 1.82) is 0 Å². The van der Waals surface area contributed by atoms with Gasteiger partial charge >= 0.3 is 0 Å². The van der Waals surface area contributed by atoms with Crippen LogP contribution in [0.5, 0.6) is 0 Å². The molecular formula is C24H29N3O5S. The summed E-state index contributed by atoms with van der Waals surface area (Å²) in [4.78, 5) is 27.2. The summed E-state index contributed by atoms with van der Waals surface area (Å²) in [5.41, 5.74) is 1.75. The summed E-state index contributed by atoms with van der Waals surface area (Å²) in [6, 6.07) is 8.73. The fourth-order valence-electron chi connectivity index (χ4n) is 4.87. The summed E-state index contributed by atoms with van der Waals surface area (Å²) < 4.78 is 33.3. The molecule has 1 aromatic carbocycles.